The molecule has 3 aliphatic rings. The van der Waals surface area contributed by atoms with E-state index in [-0.39, 0.29) is 12.0 Å². The van der Waals surface area contributed by atoms with Crippen LogP contribution in [0.25, 0.3) is 16.9 Å². The predicted molar refractivity (Wildman–Crippen MR) is 197 cm³/mol. The maximum atomic E-state index is 9.97. The predicted octanol–water partition coefficient (Wildman–Crippen LogP) is 4.66. The minimum absolute atomic E-state index is 0.0205. The summed E-state index contributed by atoms with van der Waals surface area (Å²) < 4.78 is 17.7. The summed E-state index contributed by atoms with van der Waals surface area (Å²) in [5.41, 5.74) is 5.67. The van der Waals surface area contributed by atoms with Gasteiger partial charge in [0.15, 0.2) is 5.65 Å². The van der Waals surface area contributed by atoms with E-state index in [9.17, 15) is 9.59 Å². The summed E-state index contributed by atoms with van der Waals surface area (Å²) >= 11 is 0. The Labute approximate surface area is 303 Å². The van der Waals surface area contributed by atoms with E-state index in [0.29, 0.717) is 41.4 Å². The van der Waals surface area contributed by atoms with Crippen molar-refractivity contribution >= 4 is 41.3 Å². The van der Waals surface area contributed by atoms with Gasteiger partial charge in [-0.3, -0.25) is 14.6 Å². The molecule has 4 aromatic rings. The average molecular weight is 711 g/mol. The second kappa shape index (κ2) is 18.5. The lowest BCUT2D eigenvalue weighted by atomic mass is 9.84. The van der Waals surface area contributed by atoms with Crippen LogP contribution in [0.1, 0.15) is 45.1 Å². The van der Waals surface area contributed by atoms with E-state index in [2.05, 4.69) is 53.6 Å². The van der Waals surface area contributed by atoms with Crippen molar-refractivity contribution in [1.29, 1.82) is 10.7 Å². The zero-order valence-corrected chi connectivity index (χ0v) is 29.8. The Hall–Kier alpha value is -5.75. The van der Waals surface area contributed by atoms with E-state index in [1.165, 1.54) is 25.9 Å². The number of piperidine rings is 1. The molecule has 52 heavy (non-hydrogen) atoms. The van der Waals surface area contributed by atoms with Crippen molar-refractivity contribution in [2.75, 3.05) is 57.1 Å². The highest BCUT2D eigenvalue weighted by atomic mass is 16.5. The average Bonchev–Trinajstić information content (AvgIpc) is 3.58. The number of hydrogen-bond acceptors (Lipinski definition) is 13. The number of anilines is 3. The molecule has 1 aromatic carbocycles. The van der Waals surface area contributed by atoms with Gasteiger partial charge in [0.2, 0.25) is 6.41 Å². The van der Waals surface area contributed by atoms with Crippen molar-refractivity contribution in [3.63, 3.8) is 0 Å². The number of amides is 1. The highest BCUT2D eigenvalue weighted by molar-refractivity contribution is 6.02. The maximum Gasteiger partial charge on any atom is 0.293 e. The van der Waals surface area contributed by atoms with E-state index in [4.69, 9.17) is 20.1 Å². The van der Waals surface area contributed by atoms with Gasteiger partial charge < -0.3 is 40.5 Å². The number of nitrogens with zero attached hydrogens (tertiary/aromatic N) is 6. The van der Waals surface area contributed by atoms with Gasteiger partial charge in [0.1, 0.15) is 24.2 Å². The first-order valence-electron chi connectivity index (χ1n) is 17.4. The fourth-order valence-corrected chi connectivity index (χ4v) is 6.02. The van der Waals surface area contributed by atoms with Crippen molar-refractivity contribution in [1.82, 2.24) is 29.8 Å². The number of methoxy groups -OCH3 is 1. The molecule has 0 radical (unpaired) electrons. The van der Waals surface area contributed by atoms with Gasteiger partial charge in [-0.25, -0.2) is 9.50 Å². The standard InChI is InChI=1S/C22H21N7O2.C9H18N2O.C6H7NO2/c1-13(23)14-11-26-16(15-12-27-29-6-3-4-25-22(15)29)8-17(14)28-19-10-21-18(9-20(19)30-2)24-5-7-31-21;1-9-2-5-11(6-3-9)7-4-10-8-12;7-3-5-1-6(2-5)9-4-8/h3-4,6,8-12,23-24H,5,7H2,1-2H3,(H,26,28);8-9H,2-7H2,1H3,(H,10,12);4-6H,1-2H2. The molecule has 3 aromatic heterocycles. The molecule has 7 rings (SSSR count). The van der Waals surface area contributed by atoms with Crippen LogP contribution in [-0.2, 0) is 14.3 Å². The molecule has 1 saturated carbocycles. The number of fused-ring (bicyclic) bond motifs is 2. The number of nitriles is 1. The fourth-order valence-electron chi connectivity index (χ4n) is 6.02. The van der Waals surface area contributed by atoms with Crippen molar-refractivity contribution in [2.45, 2.75) is 45.6 Å². The number of rotatable bonds is 11. The number of pyridine rings is 1. The van der Waals surface area contributed by atoms with E-state index in [1.54, 1.807) is 37.1 Å². The Kier molecular flexibility index (Phi) is 13.3. The normalized spacial score (nSPS) is 17.8. The summed E-state index contributed by atoms with van der Waals surface area (Å²) in [4.78, 5) is 31.1. The molecule has 274 valence electrons. The summed E-state index contributed by atoms with van der Waals surface area (Å²) in [5, 5.41) is 30.2. The summed E-state index contributed by atoms with van der Waals surface area (Å²) in [5.74, 6) is 2.43. The molecule has 0 unspecified atom stereocenters. The third-order valence-corrected chi connectivity index (χ3v) is 9.17. The highest BCUT2D eigenvalue weighted by Gasteiger charge is 2.30. The first-order chi connectivity index (χ1) is 25.3. The molecule has 1 aliphatic carbocycles. The van der Waals surface area contributed by atoms with Gasteiger partial charge in [0, 0.05) is 74.5 Å². The van der Waals surface area contributed by atoms with Gasteiger partial charge in [-0.2, -0.15) is 10.4 Å². The number of likely N-dealkylation sites (tertiary alicyclic amines) is 1. The van der Waals surface area contributed by atoms with Crippen molar-refractivity contribution in [2.24, 2.45) is 11.8 Å². The molecule has 0 spiro atoms. The minimum atomic E-state index is 0.0205. The molecule has 1 saturated heterocycles. The van der Waals surface area contributed by atoms with Crippen molar-refractivity contribution in [3.05, 3.63) is 54.6 Å². The van der Waals surface area contributed by atoms with Crippen LogP contribution >= 0.6 is 0 Å². The number of carbonyl (C=O) groups is 2. The van der Waals surface area contributed by atoms with Gasteiger partial charge >= 0.3 is 0 Å². The lowest BCUT2D eigenvalue weighted by molar-refractivity contribution is -0.138. The SMILES string of the molecule is CC1CCN(CCNC=O)CC1.COc1cc2c(cc1Nc1cc(-c3cnn4cccnc34)ncc1C(C)=N)OCCN2.N#CC1CC(OC=O)C1. The Morgan fingerprint density at radius 1 is 1.17 bits per heavy atom. The number of benzene rings is 1. The Balaban J connectivity index is 0.000000203. The van der Waals surface area contributed by atoms with Crippen LogP contribution in [0.3, 0.4) is 0 Å². The van der Waals surface area contributed by atoms with E-state index >= 15 is 0 Å². The lowest BCUT2D eigenvalue weighted by Crippen LogP contribution is -2.37. The number of aromatic nitrogens is 4. The Morgan fingerprint density at radius 2 is 1.98 bits per heavy atom. The zero-order chi connectivity index (χ0) is 36.9. The van der Waals surface area contributed by atoms with Crippen molar-refractivity contribution < 1.29 is 23.8 Å². The van der Waals surface area contributed by atoms with Crippen molar-refractivity contribution in [3.8, 4) is 28.8 Å². The van der Waals surface area contributed by atoms with Crippen LogP contribution in [0.2, 0.25) is 0 Å². The number of ether oxygens (including phenoxy) is 3. The first-order valence-corrected chi connectivity index (χ1v) is 17.4. The van der Waals surface area contributed by atoms with Crippen LogP contribution in [0.15, 0.2) is 49.1 Å². The van der Waals surface area contributed by atoms with Gasteiger partial charge in [0.05, 0.1) is 53.6 Å². The number of carbonyl (C=O) groups excluding carboxylic acids is 2. The summed E-state index contributed by atoms with van der Waals surface area (Å²) in [6.07, 6.45) is 11.8. The van der Waals surface area contributed by atoms with E-state index < -0.39 is 0 Å². The monoisotopic (exact) mass is 710 g/mol. The second-order valence-electron chi connectivity index (χ2n) is 12.9. The molecule has 5 heterocycles. The van der Waals surface area contributed by atoms with Gasteiger partial charge in [0.25, 0.3) is 6.47 Å². The largest absolute Gasteiger partial charge is 0.494 e. The van der Waals surface area contributed by atoms with Crippen LogP contribution in [0, 0.1) is 28.6 Å². The summed E-state index contributed by atoms with van der Waals surface area (Å²) in [7, 11) is 1.63. The number of nitrogens with one attached hydrogen (secondary N) is 4. The molecule has 15 heteroatoms. The molecular formula is C37H46N10O5. The smallest absolute Gasteiger partial charge is 0.293 e. The van der Waals surface area contributed by atoms with Crippen LogP contribution in [0.5, 0.6) is 11.5 Å². The second-order valence-corrected chi connectivity index (χ2v) is 12.9. The van der Waals surface area contributed by atoms with Crippen LogP contribution in [-0.4, -0.2) is 95.6 Å². The maximum absolute atomic E-state index is 9.97. The third-order valence-electron chi connectivity index (χ3n) is 9.17. The quantitative estimate of drug-likeness (QED) is 0.0958. The molecule has 15 nitrogen and oxygen atoms in total. The minimum Gasteiger partial charge on any atom is -0.494 e. The van der Waals surface area contributed by atoms with Crippen LogP contribution < -0.4 is 25.4 Å². The number of hydrogen-bond donors (Lipinski definition) is 4. The molecule has 2 fully saturated rings. The molecule has 4 N–H and O–H groups in total. The summed E-state index contributed by atoms with van der Waals surface area (Å²) in [6, 6.07) is 9.63. The van der Waals surface area contributed by atoms with Gasteiger partial charge in [-0.15, -0.1) is 0 Å². The highest BCUT2D eigenvalue weighted by Crippen LogP contribution is 2.40. The first kappa shape index (κ1) is 37.5. The van der Waals surface area contributed by atoms with Gasteiger partial charge in [-0.1, -0.05) is 6.92 Å². The Bertz CT molecular complexity index is 1860. The topological polar surface area (TPSA) is 192 Å². The lowest BCUT2D eigenvalue weighted by Gasteiger charge is -2.29. The third kappa shape index (κ3) is 9.73. The fraction of sp³-hybridized carbons (Fsp3) is 0.432. The molecule has 1 amide bonds. The Morgan fingerprint density at radius 3 is 2.69 bits per heavy atom. The molecule has 2 aliphatic heterocycles. The van der Waals surface area contributed by atoms with Gasteiger partial charge in [-0.05, 0) is 50.9 Å². The molecular weight excluding hydrogens is 664 g/mol. The zero-order valence-electron chi connectivity index (χ0n) is 29.8. The van der Waals surface area contributed by atoms with E-state index in [0.717, 1.165) is 73.2 Å². The summed E-state index contributed by atoms with van der Waals surface area (Å²) in [6.45, 7) is 10.0. The molecule has 0 bridgehead atoms. The van der Waals surface area contributed by atoms with E-state index in [1.807, 2.05) is 30.5 Å². The van der Waals surface area contributed by atoms with Crippen LogP contribution in [0.4, 0.5) is 17.1 Å². The molecule has 0 atom stereocenters.